The SMILES string of the molecule is NC1(Cc2cc3c(c(Br)c2O)OCO3)CC1. The van der Waals surface area contributed by atoms with Gasteiger partial charge in [0, 0.05) is 11.1 Å². The van der Waals surface area contributed by atoms with Crippen LogP contribution in [-0.4, -0.2) is 17.4 Å². The van der Waals surface area contributed by atoms with Crippen molar-refractivity contribution in [3.05, 3.63) is 16.1 Å². The lowest BCUT2D eigenvalue weighted by Gasteiger charge is -2.12. The number of hydrogen-bond acceptors (Lipinski definition) is 4. The van der Waals surface area contributed by atoms with Crippen LogP contribution in [0.3, 0.4) is 0 Å². The molecular weight excluding hydrogens is 274 g/mol. The molecular formula is C11H12BrNO3. The smallest absolute Gasteiger partial charge is 0.231 e. The quantitative estimate of drug-likeness (QED) is 0.871. The second kappa shape index (κ2) is 3.28. The van der Waals surface area contributed by atoms with E-state index < -0.39 is 0 Å². The summed E-state index contributed by atoms with van der Waals surface area (Å²) in [5, 5.41) is 10.0. The van der Waals surface area contributed by atoms with Crippen LogP contribution in [0.5, 0.6) is 17.2 Å². The zero-order valence-corrected chi connectivity index (χ0v) is 10.2. The Kier molecular flexibility index (Phi) is 2.09. The average molecular weight is 286 g/mol. The van der Waals surface area contributed by atoms with E-state index in [0.717, 1.165) is 18.4 Å². The van der Waals surface area contributed by atoms with Crippen molar-refractivity contribution in [3.63, 3.8) is 0 Å². The van der Waals surface area contributed by atoms with E-state index in [9.17, 15) is 5.11 Å². The summed E-state index contributed by atoms with van der Waals surface area (Å²) in [6, 6.07) is 1.81. The minimum Gasteiger partial charge on any atom is -0.506 e. The number of fused-ring (bicyclic) bond motifs is 1. The van der Waals surface area contributed by atoms with Crippen LogP contribution in [0.1, 0.15) is 18.4 Å². The van der Waals surface area contributed by atoms with Crippen LogP contribution < -0.4 is 15.2 Å². The first-order valence-corrected chi connectivity index (χ1v) is 5.97. The highest BCUT2D eigenvalue weighted by molar-refractivity contribution is 9.10. The Morgan fingerprint density at radius 1 is 1.44 bits per heavy atom. The first-order chi connectivity index (χ1) is 7.59. The zero-order valence-electron chi connectivity index (χ0n) is 8.62. The van der Waals surface area contributed by atoms with Crippen LogP contribution in [0, 0.1) is 0 Å². The molecule has 0 aromatic heterocycles. The van der Waals surface area contributed by atoms with E-state index in [-0.39, 0.29) is 18.1 Å². The highest BCUT2D eigenvalue weighted by atomic mass is 79.9. The molecule has 4 nitrogen and oxygen atoms in total. The molecule has 0 saturated heterocycles. The second-order valence-corrected chi connectivity index (χ2v) is 5.26. The van der Waals surface area contributed by atoms with Crippen molar-refractivity contribution < 1.29 is 14.6 Å². The lowest BCUT2D eigenvalue weighted by Crippen LogP contribution is -2.24. The number of aromatic hydroxyl groups is 1. The predicted molar refractivity (Wildman–Crippen MR) is 61.8 cm³/mol. The number of ether oxygens (including phenoxy) is 2. The third kappa shape index (κ3) is 1.55. The van der Waals surface area contributed by atoms with Gasteiger partial charge in [-0.25, -0.2) is 0 Å². The van der Waals surface area contributed by atoms with Crippen LogP contribution in [0.4, 0.5) is 0 Å². The first-order valence-electron chi connectivity index (χ1n) is 5.18. The number of phenolic OH excluding ortho intramolecular Hbond substituents is 1. The maximum Gasteiger partial charge on any atom is 0.231 e. The molecule has 0 spiro atoms. The summed E-state index contributed by atoms with van der Waals surface area (Å²) >= 11 is 3.31. The maximum atomic E-state index is 10.0. The van der Waals surface area contributed by atoms with Crippen LogP contribution in [0.2, 0.25) is 0 Å². The fraction of sp³-hybridized carbons (Fsp3) is 0.455. The summed E-state index contributed by atoms with van der Waals surface area (Å²) in [7, 11) is 0. The van der Waals surface area contributed by atoms with Gasteiger partial charge < -0.3 is 20.3 Å². The maximum absolute atomic E-state index is 10.0. The van der Waals surface area contributed by atoms with Crippen molar-refractivity contribution >= 4 is 15.9 Å². The van der Waals surface area contributed by atoms with Crippen molar-refractivity contribution in [2.75, 3.05) is 6.79 Å². The summed E-state index contributed by atoms with van der Waals surface area (Å²) in [4.78, 5) is 0. The molecule has 3 N–H and O–H groups in total. The Morgan fingerprint density at radius 3 is 2.88 bits per heavy atom. The molecule has 0 amide bonds. The number of nitrogens with two attached hydrogens (primary N) is 1. The number of phenols is 1. The minimum atomic E-state index is -0.134. The Hall–Kier alpha value is -0.940. The third-order valence-electron chi connectivity index (χ3n) is 3.09. The third-order valence-corrected chi connectivity index (χ3v) is 3.83. The number of halogens is 1. The van der Waals surface area contributed by atoms with Gasteiger partial charge in [0.05, 0.1) is 0 Å². The van der Waals surface area contributed by atoms with Gasteiger partial charge in [0.1, 0.15) is 10.2 Å². The normalized spacial score (nSPS) is 19.9. The summed E-state index contributed by atoms with van der Waals surface area (Å²) in [6.45, 7) is 0.199. The molecule has 0 bridgehead atoms. The molecule has 2 aliphatic rings. The van der Waals surface area contributed by atoms with Gasteiger partial charge in [-0.3, -0.25) is 0 Å². The monoisotopic (exact) mass is 285 g/mol. The fourth-order valence-electron chi connectivity index (χ4n) is 1.89. The van der Waals surface area contributed by atoms with E-state index in [2.05, 4.69) is 15.9 Å². The standard InChI is InChI=1S/C11H12BrNO3/c12-8-9(14)6(4-11(13)1-2-11)3-7-10(8)16-5-15-7/h3,14H,1-2,4-5,13H2. The van der Waals surface area contributed by atoms with E-state index in [4.69, 9.17) is 15.2 Å². The highest BCUT2D eigenvalue weighted by Crippen LogP contribution is 2.48. The van der Waals surface area contributed by atoms with E-state index in [1.54, 1.807) is 0 Å². The molecule has 16 heavy (non-hydrogen) atoms. The molecule has 0 unspecified atom stereocenters. The summed E-state index contributed by atoms with van der Waals surface area (Å²) in [5.41, 5.74) is 6.73. The molecule has 1 aromatic rings. The molecule has 1 saturated carbocycles. The molecule has 1 aromatic carbocycles. The highest BCUT2D eigenvalue weighted by Gasteiger charge is 2.39. The fourth-order valence-corrected chi connectivity index (χ4v) is 2.46. The van der Waals surface area contributed by atoms with Crippen LogP contribution in [0.15, 0.2) is 10.5 Å². The van der Waals surface area contributed by atoms with Gasteiger partial charge in [-0.1, -0.05) is 0 Å². The first kappa shape index (κ1) is 10.2. The molecule has 1 heterocycles. The van der Waals surface area contributed by atoms with Gasteiger partial charge in [-0.2, -0.15) is 0 Å². The molecule has 86 valence electrons. The summed E-state index contributed by atoms with van der Waals surface area (Å²) in [6.07, 6.45) is 2.70. The lowest BCUT2D eigenvalue weighted by molar-refractivity contribution is 0.173. The van der Waals surface area contributed by atoms with Gasteiger partial charge in [0.2, 0.25) is 6.79 Å². The molecule has 3 rings (SSSR count). The molecule has 0 atom stereocenters. The average Bonchev–Trinajstić information content (AvgIpc) is 2.79. The van der Waals surface area contributed by atoms with Gasteiger partial charge in [0.25, 0.3) is 0 Å². The van der Waals surface area contributed by atoms with Gasteiger partial charge >= 0.3 is 0 Å². The lowest BCUT2D eigenvalue weighted by atomic mass is 10.0. The van der Waals surface area contributed by atoms with E-state index in [1.165, 1.54) is 0 Å². The molecule has 5 heteroatoms. The van der Waals surface area contributed by atoms with E-state index >= 15 is 0 Å². The van der Waals surface area contributed by atoms with Crippen molar-refractivity contribution in [1.82, 2.24) is 0 Å². The summed E-state index contributed by atoms with van der Waals surface area (Å²) in [5.74, 6) is 1.45. The van der Waals surface area contributed by atoms with Gasteiger partial charge in [0.15, 0.2) is 11.5 Å². The largest absolute Gasteiger partial charge is 0.506 e. The number of rotatable bonds is 2. The number of hydrogen-bond donors (Lipinski definition) is 2. The van der Waals surface area contributed by atoms with Crippen molar-refractivity contribution in [3.8, 4) is 17.2 Å². The van der Waals surface area contributed by atoms with E-state index in [1.807, 2.05) is 6.07 Å². The van der Waals surface area contributed by atoms with Crippen LogP contribution in [-0.2, 0) is 6.42 Å². The topological polar surface area (TPSA) is 64.7 Å². The molecule has 1 fully saturated rings. The van der Waals surface area contributed by atoms with Crippen molar-refractivity contribution in [2.45, 2.75) is 24.8 Å². The van der Waals surface area contributed by atoms with Crippen molar-refractivity contribution in [1.29, 1.82) is 0 Å². The van der Waals surface area contributed by atoms with Crippen molar-refractivity contribution in [2.24, 2.45) is 5.73 Å². The van der Waals surface area contributed by atoms with Gasteiger partial charge in [-0.05, 0) is 41.3 Å². The zero-order chi connectivity index (χ0) is 11.3. The predicted octanol–water partition coefficient (Wildman–Crippen LogP) is 1.92. The van der Waals surface area contributed by atoms with Crippen LogP contribution >= 0.6 is 15.9 Å². The van der Waals surface area contributed by atoms with E-state index in [0.29, 0.717) is 22.4 Å². The minimum absolute atomic E-state index is 0.134. The molecule has 1 aliphatic heterocycles. The Bertz CT molecular complexity index is 457. The van der Waals surface area contributed by atoms with Crippen LogP contribution in [0.25, 0.3) is 0 Å². The molecule has 1 aliphatic carbocycles. The second-order valence-electron chi connectivity index (χ2n) is 4.47. The van der Waals surface area contributed by atoms with Gasteiger partial charge in [-0.15, -0.1) is 0 Å². The molecule has 0 radical (unpaired) electrons. The Balaban J connectivity index is 2.02. The number of benzene rings is 1. The Labute approximate surface area is 101 Å². The summed E-state index contributed by atoms with van der Waals surface area (Å²) < 4.78 is 11.1. The Morgan fingerprint density at radius 2 is 2.19 bits per heavy atom.